The molecule has 0 radical (unpaired) electrons. The second-order valence-electron chi connectivity index (χ2n) is 6.95. The number of aliphatic hydroxyl groups is 1. The van der Waals surface area contributed by atoms with Gasteiger partial charge in [-0.15, -0.1) is 0 Å². The average Bonchev–Trinajstić information content (AvgIpc) is 2.66. The summed E-state index contributed by atoms with van der Waals surface area (Å²) in [6.07, 6.45) is 2.41. The van der Waals surface area contributed by atoms with Gasteiger partial charge in [0.05, 0.1) is 6.10 Å². The van der Waals surface area contributed by atoms with Crippen LogP contribution in [0.25, 0.3) is 0 Å². The molecule has 0 amide bonds. The number of aryl methyl sites for hydroxylation is 1. The Morgan fingerprint density at radius 2 is 2.11 bits per heavy atom. The van der Waals surface area contributed by atoms with E-state index >= 15 is 0 Å². The topological polar surface area (TPSA) is 78.8 Å². The van der Waals surface area contributed by atoms with Crippen molar-refractivity contribution in [1.82, 2.24) is 5.32 Å². The molecule has 3 rings (SSSR count). The van der Waals surface area contributed by atoms with Gasteiger partial charge in [-0.25, -0.2) is 4.79 Å². The van der Waals surface area contributed by atoms with Crippen LogP contribution < -0.4 is 10.1 Å². The maximum absolute atomic E-state index is 10.6. The molecular formula is C21H24ClNO4. The summed E-state index contributed by atoms with van der Waals surface area (Å²) >= 11 is 5.97. The van der Waals surface area contributed by atoms with E-state index < -0.39 is 12.1 Å². The molecule has 1 aliphatic rings. The molecule has 0 heterocycles. The van der Waals surface area contributed by atoms with Crippen LogP contribution in [0.2, 0.25) is 5.02 Å². The van der Waals surface area contributed by atoms with E-state index in [4.69, 9.17) is 21.4 Å². The number of fused-ring (bicyclic) bond motifs is 1. The number of benzene rings is 2. The summed E-state index contributed by atoms with van der Waals surface area (Å²) in [5, 5.41) is 23.0. The number of aliphatic carboxylic acids is 1. The van der Waals surface area contributed by atoms with Gasteiger partial charge in [-0.2, -0.15) is 0 Å². The maximum atomic E-state index is 10.6. The van der Waals surface area contributed by atoms with Crippen molar-refractivity contribution in [3.05, 3.63) is 64.2 Å². The van der Waals surface area contributed by atoms with Gasteiger partial charge < -0.3 is 20.3 Å². The highest BCUT2D eigenvalue weighted by molar-refractivity contribution is 6.30. The van der Waals surface area contributed by atoms with Crippen molar-refractivity contribution in [2.45, 2.75) is 25.4 Å². The fraction of sp³-hybridized carbons (Fsp3) is 0.381. The molecule has 0 aliphatic heterocycles. The van der Waals surface area contributed by atoms with E-state index in [0.29, 0.717) is 23.2 Å². The first-order valence-corrected chi connectivity index (χ1v) is 9.49. The number of hydrogen-bond donors (Lipinski definition) is 3. The van der Waals surface area contributed by atoms with Gasteiger partial charge in [-0.05, 0) is 72.7 Å². The third-order valence-electron chi connectivity index (χ3n) is 4.87. The van der Waals surface area contributed by atoms with Crippen LogP contribution in [0.15, 0.2) is 42.5 Å². The largest absolute Gasteiger partial charge is 0.482 e. The molecular weight excluding hydrogens is 366 g/mol. The number of aliphatic hydroxyl groups excluding tert-OH is 1. The summed E-state index contributed by atoms with van der Waals surface area (Å²) in [5.41, 5.74) is 3.32. The van der Waals surface area contributed by atoms with Crippen molar-refractivity contribution in [2.24, 2.45) is 5.92 Å². The lowest BCUT2D eigenvalue weighted by atomic mass is 9.83. The Morgan fingerprint density at radius 1 is 1.26 bits per heavy atom. The van der Waals surface area contributed by atoms with Crippen LogP contribution in [0.5, 0.6) is 5.75 Å². The maximum Gasteiger partial charge on any atom is 0.341 e. The molecule has 1 aliphatic carbocycles. The number of carbonyl (C=O) groups is 1. The summed E-state index contributed by atoms with van der Waals surface area (Å²) in [5.74, 6) is 0.0907. The third-order valence-corrected chi connectivity index (χ3v) is 5.11. The summed E-state index contributed by atoms with van der Waals surface area (Å²) in [6.45, 7) is 0.966. The van der Waals surface area contributed by atoms with E-state index in [2.05, 4.69) is 5.32 Å². The molecule has 144 valence electrons. The minimum Gasteiger partial charge on any atom is -0.482 e. The molecule has 0 saturated carbocycles. The first-order valence-electron chi connectivity index (χ1n) is 9.12. The number of rotatable bonds is 8. The van der Waals surface area contributed by atoms with E-state index in [1.54, 1.807) is 12.1 Å². The molecule has 0 aromatic heterocycles. The molecule has 5 nitrogen and oxygen atoms in total. The zero-order valence-corrected chi connectivity index (χ0v) is 15.8. The van der Waals surface area contributed by atoms with Crippen LogP contribution in [-0.4, -0.2) is 35.9 Å². The zero-order valence-electron chi connectivity index (χ0n) is 15.0. The van der Waals surface area contributed by atoms with E-state index in [0.717, 1.165) is 31.4 Å². The summed E-state index contributed by atoms with van der Waals surface area (Å²) < 4.78 is 5.28. The number of hydrogen-bond acceptors (Lipinski definition) is 4. The molecule has 27 heavy (non-hydrogen) atoms. The van der Waals surface area contributed by atoms with Gasteiger partial charge in [0.1, 0.15) is 5.75 Å². The lowest BCUT2D eigenvalue weighted by molar-refractivity contribution is -0.139. The van der Waals surface area contributed by atoms with Crippen molar-refractivity contribution in [1.29, 1.82) is 0 Å². The van der Waals surface area contributed by atoms with Crippen LogP contribution in [0.4, 0.5) is 0 Å². The van der Waals surface area contributed by atoms with Crippen molar-refractivity contribution in [3.8, 4) is 5.75 Å². The van der Waals surface area contributed by atoms with Crippen molar-refractivity contribution in [2.75, 3.05) is 19.7 Å². The number of carboxylic acid groups (broad SMARTS) is 1. The molecule has 0 bridgehead atoms. The number of halogens is 1. The first-order chi connectivity index (χ1) is 13.0. The highest BCUT2D eigenvalue weighted by atomic mass is 35.5. The van der Waals surface area contributed by atoms with Crippen molar-refractivity contribution >= 4 is 17.6 Å². The monoisotopic (exact) mass is 389 g/mol. The van der Waals surface area contributed by atoms with Gasteiger partial charge in [0.25, 0.3) is 0 Å². The highest BCUT2D eigenvalue weighted by Crippen LogP contribution is 2.28. The Balaban J connectivity index is 1.50. The zero-order chi connectivity index (χ0) is 19.2. The van der Waals surface area contributed by atoms with Gasteiger partial charge in [-0.3, -0.25) is 0 Å². The fourth-order valence-electron chi connectivity index (χ4n) is 3.47. The summed E-state index contributed by atoms with van der Waals surface area (Å²) in [7, 11) is 0. The normalized spacial score (nSPS) is 17.2. The fourth-order valence-corrected chi connectivity index (χ4v) is 3.67. The molecule has 0 saturated heterocycles. The molecule has 0 fully saturated rings. The number of carboxylic acids is 1. The SMILES string of the molecule is O=C(O)COc1ccc2c(c1)CC(CNCC(O)c1cccc(Cl)c1)CC2. The standard InChI is InChI=1S/C21H24ClNO4/c22-18-3-1-2-16(9-18)20(24)12-23-11-14-4-5-15-6-7-19(10-17(15)8-14)27-13-21(25)26/h1-3,6-7,9-10,14,20,23-24H,4-5,8,11-13H2,(H,25,26). The van der Waals surface area contributed by atoms with Gasteiger partial charge >= 0.3 is 5.97 Å². The van der Waals surface area contributed by atoms with Gasteiger partial charge in [0.15, 0.2) is 6.61 Å². The molecule has 2 aromatic rings. The molecule has 0 spiro atoms. The quantitative estimate of drug-likeness (QED) is 0.646. The summed E-state index contributed by atoms with van der Waals surface area (Å²) in [6, 6.07) is 13.1. The van der Waals surface area contributed by atoms with E-state index in [9.17, 15) is 9.90 Å². The van der Waals surface area contributed by atoms with Crippen LogP contribution >= 0.6 is 11.6 Å². The molecule has 2 unspecified atom stereocenters. The Labute approximate surface area is 163 Å². The smallest absolute Gasteiger partial charge is 0.341 e. The minimum absolute atomic E-state index is 0.328. The molecule has 2 aromatic carbocycles. The van der Waals surface area contributed by atoms with Crippen LogP contribution in [0.1, 0.15) is 29.2 Å². The van der Waals surface area contributed by atoms with E-state index in [1.165, 1.54) is 11.1 Å². The number of nitrogens with one attached hydrogen (secondary N) is 1. The van der Waals surface area contributed by atoms with Crippen molar-refractivity contribution in [3.63, 3.8) is 0 Å². The Hall–Kier alpha value is -2.08. The third kappa shape index (κ3) is 5.70. The van der Waals surface area contributed by atoms with Crippen molar-refractivity contribution < 1.29 is 19.7 Å². The molecule has 2 atom stereocenters. The van der Waals surface area contributed by atoms with Crippen LogP contribution in [0, 0.1) is 5.92 Å². The van der Waals surface area contributed by atoms with Crippen LogP contribution in [-0.2, 0) is 17.6 Å². The second-order valence-corrected chi connectivity index (χ2v) is 7.39. The number of ether oxygens (including phenoxy) is 1. The predicted octanol–water partition coefficient (Wildman–Crippen LogP) is 3.23. The molecule has 3 N–H and O–H groups in total. The van der Waals surface area contributed by atoms with Gasteiger partial charge in [0.2, 0.25) is 0 Å². The van der Waals surface area contributed by atoms with E-state index in [-0.39, 0.29) is 6.61 Å². The lowest BCUT2D eigenvalue weighted by Crippen LogP contribution is -2.30. The van der Waals surface area contributed by atoms with Gasteiger partial charge in [0, 0.05) is 11.6 Å². The summed E-state index contributed by atoms with van der Waals surface area (Å²) in [4.78, 5) is 10.6. The van der Waals surface area contributed by atoms with Gasteiger partial charge in [-0.1, -0.05) is 29.8 Å². The molecule has 6 heteroatoms. The first kappa shape index (κ1) is 19.7. The Morgan fingerprint density at radius 3 is 2.89 bits per heavy atom. The second kappa shape index (κ2) is 9.22. The lowest BCUT2D eigenvalue weighted by Gasteiger charge is -2.26. The van der Waals surface area contributed by atoms with Crippen LogP contribution in [0.3, 0.4) is 0 Å². The average molecular weight is 390 g/mol. The highest BCUT2D eigenvalue weighted by Gasteiger charge is 2.19. The Bertz CT molecular complexity index is 796. The predicted molar refractivity (Wildman–Crippen MR) is 104 cm³/mol. The Kier molecular flexibility index (Phi) is 6.72. The minimum atomic E-state index is -0.979. The van der Waals surface area contributed by atoms with E-state index in [1.807, 2.05) is 30.3 Å².